The number of carbonyl (C=O) groups is 1. The van der Waals surface area contributed by atoms with Gasteiger partial charge in [-0.2, -0.15) is 13.2 Å². The third kappa shape index (κ3) is 1.89. The lowest BCUT2D eigenvalue weighted by atomic mass is 10.1. The topological polar surface area (TPSA) is 29.1 Å². The van der Waals surface area contributed by atoms with Crippen LogP contribution in [0.4, 0.5) is 18.9 Å². The van der Waals surface area contributed by atoms with E-state index in [0.29, 0.717) is 4.90 Å². The number of anilines is 1. The summed E-state index contributed by atoms with van der Waals surface area (Å²) in [4.78, 5) is 11.8. The first kappa shape index (κ1) is 11.3. The standard InChI is InChI=1S/C10H8F3NOS/c1-5-9(15)14-8-6(10(11,12)13)3-2-4-7(8)16-5/h2-5H,1H3,(H,14,15). The molecule has 16 heavy (non-hydrogen) atoms. The lowest BCUT2D eigenvalue weighted by molar-refractivity contribution is -0.137. The van der Waals surface area contributed by atoms with Crippen molar-refractivity contribution in [3.8, 4) is 0 Å². The van der Waals surface area contributed by atoms with Crippen molar-refractivity contribution in [2.45, 2.75) is 23.2 Å². The van der Waals surface area contributed by atoms with E-state index in [2.05, 4.69) is 5.32 Å². The van der Waals surface area contributed by atoms with Crippen LogP contribution in [0.15, 0.2) is 23.1 Å². The highest BCUT2D eigenvalue weighted by Crippen LogP contribution is 2.43. The van der Waals surface area contributed by atoms with Gasteiger partial charge in [-0.15, -0.1) is 11.8 Å². The molecule has 0 spiro atoms. The normalized spacial score (nSPS) is 20.2. The number of para-hydroxylation sites is 1. The fourth-order valence-corrected chi connectivity index (χ4v) is 2.45. The van der Waals surface area contributed by atoms with Crippen molar-refractivity contribution >= 4 is 23.4 Å². The number of benzene rings is 1. The number of hydrogen-bond donors (Lipinski definition) is 1. The van der Waals surface area contributed by atoms with Crippen LogP contribution in [0.3, 0.4) is 0 Å². The second kappa shape index (κ2) is 3.69. The first-order chi connectivity index (χ1) is 7.39. The van der Waals surface area contributed by atoms with Crippen LogP contribution in [0.1, 0.15) is 12.5 Å². The van der Waals surface area contributed by atoms with Crippen molar-refractivity contribution < 1.29 is 18.0 Å². The lowest BCUT2D eigenvalue weighted by Gasteiger charge is -2.24. The molecule has 0 bridgehead atoms. The van der Waals surface area contributed by atoms with Gasteiger partial charge in [-0.25, -0.2) is 0 Å². The maximum absolute atomic E-state index is 12.6. The van der Waals surface area contributed by atoms with Gasteiger partial charge in [0.1, 0.15) is 0 Å². The predicted octanol–water partition coefficient (Wildman–Crippen LogP) is 3.14. The van der Waals surface area contributed by atoms with Crippen molar-refractivity contribution in [2.75, 3.05) is 5.32 Å². The van der Waals surface area contributed by atoms with Gasteiger partial charge in [0.05, 0.1) is 16.5 Å². The molecule has 1 heterocycles. The van der Waals surface area contributed by atoms with E-state index in [4.69, 9.17) is 0 Å². The first-order valence-corrected chi connectivity index (χ1v) is 5.45. The number of halogens is 3. The summed E-state index contributed by atoms with van der Waals surface area (Å²) >= 11 is 1.14. The van der Waals surface area contributed by atoms with Crippen molar-refractivity contribution in [3.05, 3.63) is 23.8 Å². The van der Waals surface area contributed by atoms with E-state index in [9.17, 15) is 18.0 Å². The highest BCUT2D eigenvalue weighted by Gasteiger charge is 2.37. The van der Waals surface area contributed by atoms with Gasteiger partial charge >= 0.3 is 6.18 Å². The Hall–Kier alpha value is -1.17. The summed E-state index contributed by atoms with van der Waals surface area (Å²) in [6.07, 6.45) is -4.44. The molecule has 2 nitrogen and oxygen atoms in total. The molecular weight excluding hydrogens is 239 g/mol. The molecule has 1 atom stereocenters. The third-order valence-electron chi connectivity index (χ3n) is 2.25. The van der Waals surface area contributed by atoms with Crippen LogP contribution in [0.25, 0.3) is 0 Å². The van der Waals surface area contributed by atoms with Gasteiger partial charge < -0.3 is 5.32 Å². The Morgan fingerprint density at radius 2 is 2.06 bits per heavy atom. The SMILES string of the molecule is CC1Sc2cccc(C(F)(F)F)c2NC1=O. The highest BCUT2D eigenvalue weighted by atomic mass is 32.2. The second-order valence-electron chi connectivity index (χ2n) is 3.43. The molecule has 1 N–H and O–H groups in total. The zero-order chi connectivity index (χ0) is 11.9. The summed E-state index contributed by atoms with van der Waals surface area (Å²) in [7, 11) is 0. The summed E-state index contributed by atoms with van der Waals surface area (Å²) in [6, 6.07) is 3.89. The number of alkyl halides is 3. The summed E-state index contributed by atoms with van der Waals surface area (Å²) in [6.45, 7) is 1.66. The number of amides is 1. The Morgan fingerprint density at radius 3 is 2.69 bits per heavy atom. The van der Waals surface area contributed by atoms with Crippen LogP contribution >= 0.6 is 11.8 Å². The van der Waals surface area contributed by atoms with E-state index in [-0.39, 0.29) is 10.9 Å². The second-order valence-corrected chi connectivity index (χ2v) is 4.81. The minimum absolute atomic E-state index is 0.122. The third-order valence-corrected chi connectivity index (χ3v) is 3.41. The molecule has 2 rings (SSSR count). The molecule has 1 aromatic rings. The Labute approximate surface area is 94.2 Å². The summed E-state index contributed by atoms with van der Waals surface area (Å²) in [5.41, 5.74) is -0.916. The molecule has 0 aliphatic carbocycles. The molecular formula is C10H8F3NOS. The fraction of sp³-hybridized carbons (Fsp3) is 0.300. The predicted molar refractivity (Wildman–Crippen MR) is 55.4 cm³/mol. The first-order valence-electron chi connectivity index (χ1n) is 4.57. The average Bonchev–Trinajstić information content (AvgIpc) is 2.17. The monoisotopic (exact) mass is 247 g/mol. The maximum Gasteiger partial charge on any atom is 0.418 e. The van der Waals surface area contributed by atoms with E-state index in [1.54, 1.807) is 13.0 Å². The smallest absolute Gasteiger partial charge is 0.324 e. The zero-order valence-corrected chi connectivity index (χ0v) is 9.08. The number of thioether (sulfide) groups is 1. The van der Waals surface area contributed by atoms with E-state index in [1.807, 2.05) is 0 Å². The van der Waals surface area contributed by atoms with Gasteiger partial charge in [-0.05, 0) is 19.1 Å². The lowest BCUT2D eigenvalue weighted by Crippen LogP contribution is -2.28. The van der Waals surface area contributed by atoms with E-state index in [0.717, 1.165) is 17.8 Å². The molecule has 1 aromatic carbocycles. The minimum Gasteiger partial charge on any atom is -0.324 e. The van der Waals surface area contributed by atoms with Crippen LogP contribution in [-0.4, -0.2) is 11.2 Å². The summed E-state index contributed by atoms with van der Waals surface area (Å²) in [5.74, 6) is -0.394. The van der Waals surface area contributed by atoms with Crippen molar-refractivity contribution in [1.82, 2.24) is 0 Å². The van der Waals surface area contributed by atoms with E-state index < -0.39 is 17.6 Å². The van der Waals surface area contributed by atoms with Gasteiger partial charge in [0.2, 0.25) is 5.91 Å². The molecule has 0 saturated carbocycles. The van der Waals surface area contributed by atoms with E-state index in [1.165, 1.54) is 6.07 Å². The fourth-order valence-electron chi connectivity index (χ4n) is 1.46. The summed E-state index contributed by atoms with van der Waals surface area (Å²) in [5, 5.41) is 1.94. The van der Waals surface area contributed by atoms with Crippen LogP contribution in [0.5, 0.6) is 0 Å². The van der Waals surface area contributed by atoms with Crippen molar-refractivity contribution in [2.24, 2.45) is 0 Å². The van der Waals surface area contributed by atoms with E-state index >= 15 is 0 Å². The molecule has 1 unspecified atom stereocenters. The van der Waals surface area contributed by atoms with Crippen molar-refractivity contribution in [3.63, 3.8) is 0 Å². The van der Waals surface area contributed by atoms with Crippen LogP contribution in [0, 0.1) is 0 Å². The number of rotatable bonds is 0. The number of nitrogens with one attached hydrogen (secondary N) is 1. The maximum atomic E-state index is 12.6. The minimum atomic E-state index is -4.44. The number of carbonyl (C=O) groups excluding carboxylic acids is 1. The molecule has 6 heteroatoms. The van der Waals surface area contributed by atoms with Crippen LogP contribution < -0.4 is 5.32 Å². The van der Waals surface area contributed by atoms with Crippen LogP contribution in [-0.2, 0) is 11.0 Å². The average molecular weight is 247 g/mol. The number of fused-ring (bicyclic) bond motifs is 1. The van der Waals surface area contributed by atoms with Gasteiger partial charge in [-0.1, -0.05) is 6.07 Å². The molecule has 1 aliphatic heterocycles. The van der Waals surface area contributed by atoms with Gasteiger partial charge in [-0.3, -0.25) is 4.79 Å². The molecule has 1 aliphatic rings. The zero-order valence-electron chi connectivity index (χ0n) is 8.26. The number of hydrogen-bond acceptors (Lipinski definition) is 2. The Bertz CT molecular complexity index is 444. The molecule has 86 valence electrons. The molecule has 0 fully saturated rings. The summed E-state index contributed by atoms with van der Waals surface area (Å²) < 4.78 is 37.9. The van der Waals surface area contributed by atoms with Gasteiger partial charge in [0.15, 0.2) is 0 Å². The molecule has 1 amide bonds. The quantitative estimate of drug-likeness (QED) is 0.763. The van der Waals surface area contributed by atoms with Crippen molar-refractivity contribution in [1.29, 1.82) is 0 Å². The Balaban J connectivity index is 2.53. The van der Waals surface area contributed by atoms with Crippen LogP contribution in [0.2, 0.25) is 0 Å². The molecule has 0 radical (unpaired) electrons. The molecule has 0 aromatic heterocycles. The van der Waals surface area contributed by atoms with Gasteiger partial charge in [0.25, 0.3) is 0 Å². The van der Waals surface area contributed by atoms with Gasteiger partial charge in [0, 0.05) is 4.90 Å². The Kier molecular flexibility index (Phi) is 2.61. The highest BCUT2D eigenvalue weighted by molar-refractivity contribution is 8.00. The molecule has 0 saturated heterocycles. The largest absolute Gasteiger partial charge is 0.418 e. The Morgan fingerprint density at radius 1 is 1.38 bits per heavy atom.